The van der Waals surface area contributed by atoms with Crippen molar-refractivity contribution in [3.63, 3.8) is 0 Å². The van der Waals surface area contributed by atoms with Gasteiger partial charge in [-0.1, -0.05) is 33.6 Å². The highest BCUT2D eigenvalue weighted by atomic mass is 79.9. The number of halogens is 2. The molecular formula is C17H17BrClN3O2. The maximum atomic E-state index is 12.5. The predicted molar refractivity (Wildman–Crippen MR) is 99.6 cm³/mol. The SMILES string of the molecule is CCOC(=O)c1c(NC2CC=C(Br)C=C2Cl)c2cnccc2n1C. The highest BCUT2D eigenvalue weighted by Crippen LogP contribution is 2.34. The van der Waals surface area contributed by atoms with Gasteiger partial charge in [-0.25, -0.2) is 4.79 Å². The van der Waals surface area contributed by atoms with Crippen molar-refractivity contribution in [1.82, 2.24) is 9.55 Å². The van der Waals surface area contributed by atoms with E-state index in [1.807, 2.05) is 29.8 Å². The fourth-order valence-electron chi connectivity index (χ4n) is 2.81. The van der Waals surface area contributed by atoms with E-state index in [0.717, 1.165) is 21.8 Å². The summed E-state index contributed by atoms with van der Waals surface area (Å²) >= 11 is 9.80. The number of allylic oxidation sites excluding steroid dienone is 2. The van der Waals surface area contributed by atoms with Crippen molar-refractivity contribution in [3.8, 4) is 0 Å². The van der Waals surface area contributed by atoms with Crippen LogP contribution in [0, 0.1) is 0 Å². The molecule has 0 bridgehead atoms. The Balaban J connectivity index is 2.07. The third-order valence-electron chi connectivity index (χ3n) is 3.95. The second-order valence-corrected chi connectivity index (χ2v) is 6.80. The van der Waals surface area contributed by atoms with E-state index in [-0.39, 0.29) is 12.0 Å². The number of aryl methyl sites for hydroxylation is 1. The van der Waals surface area contributed by atoms with Gasteiger partial charge in [-0.3, -0.25) is 4.98 Å². The van der Waals surface area contributed by atoms with Crippen molar-refractivity contribution in [2.75, 3.05) is 11.9 Å². The number of ether oxygens (including phenoxy) is 1. The zero-order chi connectivity index (χ0) is 17.3. The second-order valence-electron chi connectivity index (χ2n) is 5.45. The quantitative estimate of drug-likeness (QED) is 0.762. The van der Waals surface area contributed by atoms with E-state index < -0.39 is 0 Å². The summed E-state index contributed by atoms with van der Waals surface area (Å²) in [6.07, 6.45) is 8.06. The fourth-order valence-corrected chi connectivity index (χ4v) is 3.64. The molecule has 3 rings (SSSR count). The Kier molecular flexibility index (Phi) is 4.96. The van der Waals surface area contributed by atoms with Crippen LogP contribution in [0.3, 0.4) is 0 Å². The molecule has 0 aromatic carbocycles. The number of nitrogens with zero attached hydrogens (tertiary/aromatic N) is 2. The van der Waals surface area contributed by atoms with Gasteiger partial charge < -0.3 is 14.6 Å². The maximum Gasteiger partial charge on any atom is 0.357 e. The average Bonchev–Trinajstić information content (AvgIpc) is 2.83. The van der Waals surface area contributed by atoms with Crippen LogP contribution in [-0.2, 0) is 11.8 Å². The highest BCUT2D eigenvalue weighted by Gasteiger charge is 2.25. The molecule has 0 radical (unpaired) electrons. The van der Waals surface area contributed by atoms with Crippen molar-refractivity contribution in [2.24, 2.45) is 7.05 Å². The Morgan fingerprint density at radius 2 is 2.38 bits per heavy atom. The molecule has 1 aliphatic rings. The third-order valence-corrected chi connectivity index (χ3v) is 4.87. The van der Waals surface area contributed by atoms with Gasteiger partial charge >= 0.3 is 5.97 Å². The average molecular weight is 411 g/mol. The summed E-state index contributed by atoms with van der Waals surface area (Å²) in [6, 6.07) is 1.77. The summed E-state index contributed by atoms with van der Waals surface area (Å²) in [6.45, 7) is 2.11. The Labute approximate surface area is 153 Å². The first-order valence-electron chi connectivity index (χ1n) is 7.61. The Hall–Kier alpha value is -1.79. The summed E-state index contributed by atoms with van der Waals surface area (Å²) in [5.74, 6) is -0.369. The number of fused-ring (bicyclic) bond motifs is 1. The number of pyridine rings is 1. The summed E-state index contributed by atoms with van der Waals surface area (Å²) in [7, 11) is 1.84. The Bertz CT molecular complexity index is 857. The van der Waals surface area contributed by atoms with Crippen molar-refractivity contribution in [2.45, 2.75) is 19.4 Å². The minimum absolute atomic E-state index is 0.105. The van der Waals surface area contributed by atoms with Crippen molar-refractivity contribution >= 4 is 50.1 Å². The molecule has 126 valence electrons. The van der Waals surface area contributed by atoms with E-state index in [4.69, 9.17) is 16.3 Å². The summed E-state index contributed by atoms with van der Waals surface area (Å²) < 4.78 is 8.00. The summed E-state index contributed by atoms with van der Waals surface area (Å²) in [5.41, 5.74) is 2.07. The van der Waals surface area contributed by atoms with Crippen LogP contribution in [0.25, 0.3) is 10.9 Å². The van der Waals surface area contributed by atoms with Gasteiger partial charge in [0.05, 0.1) is 23.9 Å². The van der Waals surface area contributed by atoms with E-state index in [0.29, 0.717) is 23.0 Å². The molecule has 0 aliphatic heterocycles. The van der Waals surface area contributed by atoms with Crippen LogP contribution in [0.4, 0.5) is 5.69 Å². The van der Waals surface area contributed by atoms with Crippen LogP contribution in [0.1, 0.15) is 23.8 Å². The minimum atomic E-state index is -0.369. The van der Waals surface area contributed by atoms with E-state index >= 15 is 0 Å². The number of esters is 1. The molecule has 1 atom stereocenters. The number of carbonyl (C=O) groups is 1. The van der Waals surface area contributed by atoms with Crippen molar-refractivity contribution in [1.29, 1.82) is 0 Å². The van der Waals surface area contributed by atoms with Gasteiger partial charge in [-0.2, -0.15) is 0 Å². The van der Waals surface area contributed by atoms with Gasteiger partial charge in [-0.15, -0.1) is 0 Å². The molecule has 2 aromatic rings. The molecule has 0 fully saturated rings. The molecular weight excluding hydrogens is 394 g/mol. The van der Waals surface area contributed by atoms with Crippen LogP contribution in [0.2, 0.25) is 0 Å². The lowest BCUT2D eigenvalue weighted by molar-refractivity contribution is 0.0517. The number of hydrogen-bond donors (Lipinski definition) is 1. The molecule has 2 heterocycles. The molecule has 0 saturated heterocycles. The second kappa shape index (κ2) is 6.99. The van der Waals surface area contributed by atoms with Crippen LogP contribution in [0.5, 0.6) is 0 Å². The van der Waals surface area contributed by atoms with Gasteiger partial charge in [0.2, 0.25) is 0 Å². The monoisotopic (exact) mass is 409 g/mol. The lowest BCUT2D eigenvalue weighted by Gasteiger charge is -2.21. The van der Waals surface area contributed by atoms with Crippen molar-refractivity contribution in [3.05, 3.63) is 45.8 Å². The van der Waals surface area contributed by atoms with Crippen LogP contribution in [-0.4, -0.2) is 28.2 Å². The number of hydrogen-bond acceptors (Lipinski definition) is 4. The first-order chi connectivity index (χ1) is 11.5. The van der Waals surface area contributed by atoms with Crippen LogP contribution in [0.15, 0.2) is 40.1 Å². The lowest BCUT2D eigenvalue weighted by atomic mass is 10.1. The fraction of sp³-hybridized carbons (Fsp3) is 0.294. The Morgan fingerprint density at radius 3 is 3.08 bits per heavy atom. The van der Waals surface area contributed by atoms with E-state index in [2.05, 4.69) is 26.2 Å². The molecule has 5 nitrogen and oxygen atoms in total. The summed E-state index contributed by atoms with van der Waals surface area (Å²) in [5, 5.41) is 4.94. The molecule has 1 aliphatic carbocycles. The first kappa shape index (κ1) is 17.0. The third kappa shape index (κ3) is 3.08. The zero-order valence-electron chi connectivity index (χ0n) is 13.3. The summed E-state index contributed by atoms with van der Waals surface area (Å²) in [4.78, 5) is 16.6. The topological polar surface area (TPSA) is 56.1 Å². The Morgan fingerprint density at radius 1 is 1.58 bits per heavy atom. The number of anilines is 1. The number of carbonyl (C=O) groups excluding carboxylic acids is 1. The molecule has 0 amide bonds. The van der Waals surface area contributed by atoms with Crippen LogP contribution >= 0.6 is 27.5 Å². The van der Waals surface area contributed by atoms with Gasteiger partial charge in [0.1, 0.15) is 0 Å². The number of nitrogens with one attached hydrogen (secondary N) is 1. The van der Waals surface area contributed by atoms with Gasteiger partial charge in [0.25, 0.3) is 0 Å². The molecule has 0 saturated carbocycles. The molecule has 0 spiro atoms. The maximum absolute atomic E-state index is 12.5. The molecule has 2 aromatic heterocycles. The first-order valence-corrected chi connectivity index (χ1v) is 8.78. The normalized spacial score (nSPS) is 17.4. The highest BCUT2D eigenvalue weighted by molar-refractivity contribution is 9.11. The molecule has 7 heteroatoms. The lowest BCUT2D eigenvalue weighted by Crippen LogP contribution is -2.23. The smallest absolute Gasteiger partial charge is 0.357 e. The number of aromatic nitrogens is 2. The molecule has 1 N–H and O–H groups in total. The van der Waals surface area contributed by atoms with Gasteiger partial charge in [0.15, 0.2) is 5.69 Å². The zero-order valence-corrected chi connectivity index (χ0v) is 15.7. The largest absolute Gasteiger partial charge is 0.461 e. The van der Waals surface area contributed by atoms with E-state index in [1.54, 1.807) is 19.3 Å². The minimum Gasteiger partial charge on any atom is -0.461 e. The van der Waals surface area contributed by atoms with Gasteiger partial charge in [0, 0.05) is 34.3 Å². The molecule has 24 heavy (non-hydrogen) atoms. The number of rotatable bonds is 4. The van der Waals surface area contributed by atoms with Crippen molar-refractivity contribution < 1.29 is 9.53 Å². The predicted octanol–water partition coefficient (Wildman–Crippen LogP) is 4.34. The van der Waals surface area contributed by atoms with Gasteiger partial charge in [-0.05, 0) is 25.5 Å². The van der Waals surface area contributed by atoms with E-state index in [1.165, 1.54) is 0 Å². The van der Waals surface area contributed by atoms with E-state index in [9.17, 15) is 4.79 Å². The van der Waals surface area contributed by atoms with Crippen LogP contribution < -0.4 is 5.32 Å². The molecule has 1 unspecified atom stereocenters. The standard InChI is InChI=1S/C17H17BrClN3O2/c1-3-24-17(23)16-15(11-9-20-7-6-14(11)22(16)2)21-13-5-4-10(18)8-12(13)19/h4,6-9,13,21H,3,5H2,1-2H3.